The molecule has 3 N–H and O–H groups in total. The normalized spacial score (nSPS) is 18.8. The zero-order valence-electron chi connectivity index (χ0n) is 6.78. The fraction of sp³-hybridized carbons (Fsp3) is 0.857. The van der Waals surface area contributed by atoms with Gasteiger partial charge < -0.3 is 20.3 Å². The largest absolute Gasteiger partial charge is 0.447 e. The highest BCUT2D eigenvalue weighted by atomic mass is 16.6. The van der Waals surface area contributed by atoms with Gasteiger partial charge in [0.15, 0.2) is 0 Å². The highest BCUT2D eigenvalue weighted by Crippen LogP contribution is 2.39. The molecule has 0 aromatic heterocycles. The van der Waals surface area contributed by atoms with Crippen molar-refractivity contribution in [1.29, 1.82) is 0 Å². The van der Waals surface area contributed by atoms with Gasteiger partial charge in [-0.2, -0.15) is 0 Å². The molecule has 70 valence electrons. The molecule has 1 saturated carbocycles. The van der Waals surface area contributed by atoms with Crippen molar-refractivity contribution in [2.75, 3.05) is 19.8 Å². The Hall–Kier alpha value is -0.810. The first-order valence-electron chi connectivity index (χ1n) is 3.86. The van der Waals surface area contributed by atoms with Crippen LogP contribution in [0.3, 0.4) is 0 Å². The molecule has 0 bridgehead atoms. The summed E-state index contributed by atoms with van der Waals surface area (Å²) in [4.78, 5) is 10.2. The van der Waals surface area contributed by atoms with Gasteiger partial charge in [0.1, 0.15) is 12.2 Å². The van der Waals surface area contributed by atoms with Crippen molar-refractivity contribution in [1.82, 2.24) is 0 Å². The standard InChI is InChI=1S/C7H13NO4/c8-6(10)11-5-7(1-2-7)12-4-3-9/h9H,1-5H2,(H2,8,10). The first-order valence-corrected chi connectivity index (χ1v) is 3.86. The molecule has 12 heavy (non-hydrogen) atoms. The Kier molecular flexibility index (Phi) is 2.88. The van der Waals surface area contributed by atoms with Crippen molar-refractivity contribution in [3.8, 4) is 0 Å². The summed E-state index contributed by atoms with van der Waals surface area (Å²) in [6.07, 6.45) is 0.939. The number of rotatable bonds is 5. The third kappa shape index (κ3) is 2.67. The first-order chi connectivity index (χ1) is 5.68. The Morgan fingerprint density at radius 3 is 2.67 bits per heavy atom. The quantitative estimate of drug-likeness (QED) is 0.597. The van der Waals surface area contributed by atoms with Crippen molar-refractivity contribution in [2.45, 2.75) is 18.4 Å². The minimum absolute atomic E-state index is 0.0156. The third-order valence-corrected chi connectivity index (χ3v) is 1.78. The fourth-order valence-electron chi connectivity index (χ4n) is 0.935. The molecule has 0 atom stereocenters. The lowest BCUT2D eigenvalue weighted by atomic mass is 10.4. The van der Waals surface area contributed by atoms with E-state index in [1.165, 1.54) is 0 Å². The van der Waals surface area contributed by atoms with Crippen LogP contribution in [0.4, 0.5) is 4.79 Å². The van der Waals surface area contributed by atoms with Crippen molar-refractivity contribution >= 4 is 6.09 Å². The highest BCUT2D eigenvalue weighted by molar-refractivity contribution is 5.64. The smallest absolute Gasteiger partial charge is 0.404 e. The zero-order chi connectivity index (χ0) is 9.03. The summed E-state index contributed by atoms with van der Waals surface area (Å²) in [6.45, 7) is 0.461. The van der Waals surface area contributed by atoms with E-state index < -0.39 is 6.09 Å². The average molecular weight is 175 g/mol. The van der Waals surface area contributed by atoms with Crippen molar-refractivity contribution in [3.05, 3.63) is 0 Å². The van der Waals surface area contributed by atoms with Crippen LogP contribution < -0.4 is 5.73 Å². The van der Waals surface area contributed by atoms with E-state index >= 15 is 0 Å². The molecule has 1 amide bonds. The summed E-state index contributed by atoms with van der Waals surface area (Å²) in [5.74, 6) is 0. The van der Waals surface area contributed by atoms with Gasteiger partial charge in [-0.15, -0.1) is 0 Å². The summed E-state index contributed by atoms with van der Waals surface area (Å²) >= 11 is 0. The Morgan fingerprint density at radius 2 is 2.25 bits per heavy atom. The molecule has 0 aliphatic heterocycles. The van der Waals surface area contributed by atoms with E-state index in [4.69, 9.17) is 15.6 Å². The molecule has 5 nitrogen and oxygen atoms in total. The molecule has 1 rings (SSSR count). The molecule has 0 unspecified atom stereocenters. The van der Waals surface area contributed by atoms with Gasteiger partial charge in [-0.1, -0.05) is 0 Å². The van der Waals surface area contributed by atoms with Gasteiger partial charge in [-0.3, -0.25) is 0 Å². The summed E-state index contributed by atoms with van der Waals surface area (Å²) < 4.78 is 9.86. The number of amides is 1. The summed E-state index contributed by atoms with van der Waals surface area (Å²) in [7, 11) is 0. The molecule has 0 heterocycles. The molecule has 0 aromatic rings. The molecule has 1 aliphatic rings. The van der Waals surface area contributed by atoms with Crippen LogP contribution in [-0.4, -0.2) is 36.6 Å². The molecule has 1 aliphatic carbocycles. The predicted octanol–water partition coefficient (Wildman–Crippen LogP) is -0.377. The van der Waals surface area contributed by atoms with Crippen LogP contribution in [0, 0.1) is 0 Å². The maximum absolute atomic E-state index is 10.2. The first kappa shape index (κ1) is 9.28. The number of nitrogens with two attached hydrogens (primary N) is 1. The molecular formula is C7H13NO4. The third-order valence-electron chi connectivity index (χ3n) is 1.78. The minimum Gasteiger partial charge on any atom is -0.447 e. The van der Waals surface area contributed by atoms with E-state index in [0.717, 1.165) is 12.8 Å². The number of ether oxygens (including phenoxy) is 2. The zero-order valence-corrected chi connectivity index (χ0v) is 6.78. The number of hydrogen-bond acceptors (Lipinski definition) is 4. The minimum atomic E-state index is -0.783. The topological polar surface area (TPSA) is 81.8 Å². The predicted molar refractivity (Wildman–Crippen MR) is 40.5 cm³/mol. The lowest BCUT2D eigenvalue weighted by Gasteiger charge is -2.14. The number of primary amides is 1. The number of carbonyl (C=O) groups is 1. The summed E-state index contributed by atoms with van der Waals surface area (Å²) in [6, 6.07) is 0. The SMILES string of the molecule is NC(=O)OCC1(OCCO)CC1. The maximum atomic E-state index is 10.2. The average Bonchev–Trinajstić information content (AvgIpc) is 2.79. The molecule has 5 heteroatoms. The molecule has 0 saturated heterocycles. The van der Waals surface area contributed by atoms with Gasteiger partial charge in [0.05, 0.1) is 13.2 Å². The highest BCUT2D eigenvalue weighted by Gasteiger charge is 2.45. The number of carbonyl (C=O) groups excluding carboxylic acids is 1. The van der Waals surface area contributed by atoms with Crippen LogP contribution in [0.2, 0.25) is 0 Å². The van der Waals surface area contributed by atoms with E-state index in [-0.39, 0.29) is 25.4 Å². The molecule has 0 radical (unpaired) electrons. The number of aliphatic hydroxyl groups is 1. The second-order valence-corrected chi connectivity index (χ2v) is 2.86. The lowest BCUT2D eigenvalue weighted by Crippen LogP contribution is -2.27. The van der Waals surface area contributed by atoms with Crippen molar-refractivity contribution < 1.29 is 19.4 Å². The Balaban J connectivity index is 2.16. The van der Waals surface area contributed by atoms with Crippen LogP contribution in [-0.2, 0) is 9.47 Å². The van der Waals surface area contributed by atoms with Crippen molar-refractivity contribution in [3.63, 3.8) is 0 Å². The Bertz CT molecular complexity index is 167. The van der Waals surface area contributed by atoms with Gasteiger partial charge in [0, 0.05) is 0 Å². The number of hydrogen-bond donors (Lipinski definition) is 2. The van der Waals surface area contributed by atoms with E-state index in [0.29, 0.717) is 0 Å². The Morgan fingerprint density at radius 1 is 1.58 bits per heavy atom. The molecule has 0 spiro atoms. The van der Waals surface area contributed by atoms with E-state index in [1.807, 2.05) is 0 Å². The lowest BCUT2D eigenvalue weighted by molar-refractivity contribution is -0.0251. The molecule has 0 aromatic carbocycles. The van der Waals surface area contributed by atoms with Crippen LogP contribution >= 0.6 is 0 Å². The Labute approximate surface area is 70.4 Å². The fourth-order valence-corrected chi connectivity index (χ4v) is 0.935. The van der Waals surface area contributed by atoms with Crippen LogP contribution in [0.15, 0.2) is 0 Å². The van der Waals surface area contributed by atoms with Gasteiger partial charge >= 0.3 is 6.09 Å². The van der Waals surface area contributed by atoms with Gasteiger partial charge in [-0.05, 0) is 12.8 Å². The van der Waals surface area contributed by atoms with Gasteiger partial charge in [0.25, 0.3) is 0 Å². The molecule has 1 fully saturated rings. The van der Waals surface area contributed by atoms with E-state index in [2.05, 4.69) is 4.74 Å². The summed E-state index contributed by atoms with van der Waals surface area (Å²) in [5.41, 5.74) is 4.44. The second-order valence-electron chi connectivity index (χ2n) is 2.86. The molecular weight excluding hydrogens is 162 g/mol. The maximum Gasteiger partial charge on any atom is 0.404 e. The summed E-state index contributed by atoms with van der Waals surface area (Å²) in [5, 5.41) is 8.48. The van der Waals surface area contributed by atoms with Gasteiger partial charge in [0.2, 0.25) is 0 Å². The van der Waals surface area contributed by atoms with Gasteiger partial charge in [-0.25, -0.2) is 4.79 Å². The second kappa shape index (κ2) is 3.73. The monoisotopic (exact) mass is 175 g/mol. The van der Waals surface area contributed by atoms with Crippen LogP contribution in [0.1, 0.15) is 12.8 Å². The van der Waals surface area contributed by atoms with Crippen LogP contribution in [0.5, 0.6) is 0 Å². The van der Waals surface area contributed by atoms with Crippen LogP contribution in [0.25, 0.3) is 0 Å². The van der Waals surface area contributed by atoms with Crippen molar-refractivity contribution in [2.24, 2.45) is 5.73 Å². The number of aliphatic hydroxyl groups excluding tert-OH is 1. The van der Waals surface area contributed by atoms with E-state index in [9.17, 15) is 4.79 Å². The van der Waals surface area contributed by atoms with E-state index in [1.54, 1.807) is 0 Å².